The number of likely N-dealkylation sites (N-methyl/N-ethyl adjacent to an activating group) is 1. The van der Waals surface area contributed by atoms with Gasteiger partial charge < -0.3 is 0 Å². The van der Waals surface area contributed by atoms with Crippen LogP contribution in [-0.2, 0) is 6.42 Å². The summed E-state index contributed by atoms with van der Waals surface area (Å²) in [6.07, 6.45) is 0.813. The lowest BCUT2D eigenvalue weighted by atomic mass is 10.4. The van der Waals surface area contributed by atoms with Gasteiger partial charge in [-0.3, -0.25) is 4.90 Å². The average Bonchev–Trinajstić information content (AvgIpc) is 2.52. The van der Waals surface area contributed by atoms with E-state index in [0.717, 1.165) is 24.7 Å². The predicted octanol–water partition coefficient (Wildman–Crippen LogP) is -0.439. The van der Waals surface area contributed by atoms with E-state index in [-0.39, 0.29) is 0 Å². The van der Waals surface area contributed by atoms with E-state index in [4.69, 9.17) is 0 Å². The summed E-state index contributed by atoms with van der Waals surface area (Å²) in [6.45, 7) is 0.906. The highest BCUT2D eigenvalue weighted by Gasteiger charge is 1.99. The summed E-state index contributed by atoms with van der Waals surface area (Å²) in [5.41, 5.74) is 0. The zero-order valence-electron chi connectivity index (χ0n) is 6.36. The molecule has 0 fully saturated rings. The molecule has 0 amide bonds. The number of nitrogens with zero attached hydrogens (tertiary/aromatic N) is 4. The van der Waals surface area contributed by atoms with Crippen molar-refractivity contribution in [3.63, 3.8) is 0 Å². The van der Waals surface area contributed by atoms with Crippen LogP contribution in [0, 0.1) is 0 Å². The topological polar surface area (TPSA) is 57.7 Å². The number of aromatic nitrogens is 4. The van der Waals surface area contributed by atoms with E-state index in [0.29, 0.717) is 0 Å². The summed E-state index contributed by atoms with van der Waals surface area (Å²) in [7, 11) is 1.99. The Balaban J connectivity index is 2.23. The number of tetrazole rings is 1. The molecule has 0 saturated heterocycles. The Bertz CT molecular complexity index is 187. The lowest BCUT2D eigenvalue weighted by Gasteiger charge is -2.10. The molecular weight excluding hydrogens is 162 g/mol. The van der Waals surface area contributed by atoms with Crippen molar-refractivity contribution in [2.24, 2.45) is 0 Å². The molecule has 6 heteroatoms. The molecule has 62 valence electrons. The first kappa shape index (κ1) is 8.48. The van der Waals surface area contributed by atoms with E-state index in [2.05, 4.69) is 38.2 Å². The summed E-state index contributed by atoms with van der Waals surface area (Å²) in [5, 5.41) is 13.5. The van der Waals surface area contributed by atoms with Crippen LogP contribution in [0.5, 0.6) is 0 Å². The van der Waals surface area contributed by atoms with E-state index in [1.54, 1.807) is 0 Å². The quantitative estimate of drug-likeness (QED) is 0.479. The number of hydrogen-bond acceptors (Lipinski definition) is 5. The van der Waals surface area contributed by atoms with Gasteiger partial charge in [0, 0.05) is 18.8 Å². The fourth-order valence-electron chi connectivity index (χ4n) is 0.650. The molecule has 11 heavy (non-hydrogen) atoms. The molecule has 1 heterocycles. The van der Waals surface area contributed by atoms with E-state index in [9.17, 15) is 0 Å². The Morgan fingerprint density at radius 3 is 3.00 bits per heavy atom. The van der Waals surface area contributed by atoms with Crippen molar-refractivity contribution >= 4 is 12.6 Å². The molecule has 0 saturated carbocycles. The molecule has 0 atom stereocenters. The van der Waals surface area contributed by atoms with Gasteiger partial charge in [0.25, 0.3) is 0 Å². The van der Waals surface area contributed by atoms with Crippen LogP contribution >= 0.6 is 12.6 Å². The van der Waals surface area contributed by atoms with E-state index in [1.807, 2.05) is 7.05 Å². The maximum atomic E-state index is 4.11. The van der Waals surface area contributed by atoms with Crippen LogP contribution in [0.25, 0.3) is 0 Å². The van der Waals surface area contributed by atoms with Gasteiger partial charge in [-0.2, -0.15) is 17.8 Å². The number of thiol groups is 1. The lowest BCUT2D eigenvalue weighted by Crippen LogP contribution is -2.19. The maximum Gasteiger partial charge on any atom is 0.175 e. The van der Waals surface area contributed by atoms with Crippen LogP contribution in [0.3, 0.4) is 0 Å². The van der Waals surface area contributed by atoms with Gasteiger partial charge in [0.15, 0.2) is 5.82 Å². The van der Waals surface area contributed by atoms with Crippen LogP contribution in [0.2, 0.25) is 0 Å². The SMILES string of the molecule is CN(CS)CCc1nn[nH]n1. The normalized spacial score (nSPS) is 10.8. The summed E-state index contributed by atoms with van der Waals surface area (Å²) in [4.78, 5) is 2.07. The van der Waals surface area contributed by atoms with Gasteiger partial charge in [-0.15, -0.1) is 10.2 Å². The zero-order valence-corrected chi connectivity index (χ0v) is 7.25. The minimum absolute atomic E-state index is 0.748. The van der Waals surface area contributed by atoms with Crippen LogP contribution < -0.4 is 0 Å². The molecule has 0 aliphatic heterocycles. The molecular formula is C5H11N5S. The van der Waals surface area contributed by atoms with Gasteiger partial charge in [-0.05, 0) is 7.05 Å². The van der Waals surface area contributed by atoms with Crippen molar-refractivity contribution in [1.29, 1.82) is 0 Å². The Morgan fingerprint density at radius 2 is 2.45 bits per heavy atom. The molecule has 0 spiro atoms. The molecule has 0 aromatic carbocycles. The molecule has 0 unspecified atom stereocenters. The first-order chi connectivity index (χ1) is 5.33. The molecule has 0 radical (unpaired) electrons. The molecule has 1 aromatic rings. The summed E-state index contributed by atoms with van der Waals surface area (Å²) in [5.74, 6) is 1.50. The number of hydrogen-bond donors (Lipinski definition) is 2. The van der Waals surface area contributed by atoms with E-state index < -0.39 is 0 Å². The van der Waals surface area contributed by atoms with Gasteiger partial charge in [-0.25, -0.2) is 0 Å². The first-order valence-corrected chi connectivity index (χ1v) is 3.98. The second kappa shape index (κ2) is 4.30. The van der Waals surface area contributed by atoms with Crippen LogP contribution in [-0.4, -0.2) is 45.0 Å². The van der Waals surface area contributed by atoms with Crippen LogP contribution in [0.4, 0.5) is 0 Å². The average molecular weight is 173 g/mol. The van der Waals surface area contributed by atoms with Crippen molar-refractivity contribution in [2.45, 2.75) is 6.42 Å². The predicted molar refractivity (Wildman–Crippen MR) is 44.4 cm³/mol. The smallest absolute Gasteiger partial charge is 0.175 e. The Morgan fingerprint density at radius 1 is 1.64 bits per heavy atom. The molecule has 5 nitrogen and oxygen atoms in total. The van der Waals surface area contributed by atoms with Crippen molar-refractivity contribution in [3.05, 3.63) is 5.82 Å². The fraction of sp³-hybridized carbons (Fsp3) is 0.800. The third-order valence-electron chi connectivity index (χ3n) is 1.35. The third kappa shape index (κ3) is 2.85. The van der Waals surface area contributed by atoms with Gasteiger partial charge in [-0.1, -0.05) is 5.21 Å². The first-order valence-electron chi connectivity index (χ1n) is 3.34. The van der Waals surface area contributed by atoms with Gasteiger partial charge >= 0.3 is 0 Å². The van der Waals surface area contributed by atoms with Gasteiger partial charge in [0.05, 0.1) is 0 Å². The summed E-state index contributed by atoms with van der Waals surface area (Å²) < 4.78 is 0. The Kier molecular flexibility index (Phi) is 3.31. The largest absolute Gasteiger partial charge is 0.297 e. The molecule has 0 aliphatic rings. The molecule has 1 N–H and O–H groups in total. The minimum atomic E-state index is 0.748. The standard InChI is InChI=1S/C5H11N5S/c1-10(4-11)3-2-5-6-8-9-7-5/h11H,2-4H2,1H3,(H,6,7,8,9). The molecule has 1 aromatic heterocycles. The maximum absolute atomic E-state index is 4.11. The van der Waals surface area contributed by atoms with Crippen LogP contribution in [0.15, 0.2) is 0 Å². The second-order valence-electron chi connectivity index (χ2n) is 2.30. The number of H-pyrrole nitrogens is 1. The Hall–Kier alpha value is -0.620. The molecule has 0 aliphatic carbocycles. The summed E-state index contributed by atoms with van der Waals surface area (Å²) >= 11 is 4.11. The van der Waals surface area contributed by atoms with Gasteiger partial charge in [0.2, 0.25) is 0 Å². The third-order valence-corrected chi connectivity index (χ3v) is 1.83. The van der Waals surface area contributed by atoms with Crippen molar-refractivity contribution in [2.75, 3.05) is 19.5 Å². The minimum Gasteiger partial charge on any atom is -0.297 e. The molecule has 1 rings (SSSR count). The summed E-state index contributed by atoms with van der Waals surface area (Å²) in [6, 6.07) is 0. The number of nitrogens with one attached hydrogen (secondary N) is 1. The lowest BCUT2D eigenvalue weighted by molar-refractivity contribution is 0.395. The number of aromatic amines is 1. The Labute approximate surface area is 70.6 Å². The highest BCUT2D eigenvalue weighted by Crippen LogP contribution is 1.90. The number of rotatable bonds is 4. The highest BCUT2D eigenvalue weighted by atomic mass is 32.1. The second-order valence-corrected chi connectivity index (χ2v) is 2.58. The van der Waals surface area contributed by atoms with Crippen LogP contribution in [0.1, 0.15) is 5.82 Å². The van der Waals surface area contributed by atoms with E-state index >= 15 is 0 Å². The van der Waals surface area contributed by atoms with Crippen molar-refractivity contribution in [3.8, 4) is 0 Å². The van der Waals surface area contributed by atoms with Gasteiger partial charge in [0.1, 0.15) is 0 Å². The highest BCUT2D eigenvalue weighted by molar-refractivity contribution is 7.80. The zero-order chi connectivity index (χ0) is 8.10. The fourth-order valence-corrected chi connectivity index (χ4v) is 0.791. The molecule has 0 bridgehead atoms. The van der Waals surface area contributed by atoms with Crippen molar-refractivity contribution < 1.29 is 0 Å². The van der Waals surface area contributed by atoms with E-state index in [1.165, 1.54) is 0 Å². The monoisotopic (exact) mass is 173 g/mol. The van der Waals surface area contributed by atoms with Crippen molar-refractivity contribution in [1.82, 2.24) is 25.5 Å².